The molecular weight excluding hydrogens is 300 g/mol. The Morgan fingerprint density at radius 3 is 1.83 bits per heavy atom. The van der Waals surface area contributed by atoms with Gasteiger partial charge in [-0.1, -0.05) is 46.5 Å². The molecule has 0 aromatic heterocycles. The van der Waals surface area contributed by atoms with Gasteiger partial charge in [0.1, 0.15) is 0 Å². The smallest absolute Gasteiger partial charge is 0.193 e. The minimum Gasteiger partial charge on any atom is -0.417 e. The topological polar surface area (TPSA) is 15.7 Å². The van der Waals surface area contributed by atoms with Crippen molar-refractivity contribution in [2.24, 2.45) is 5.41 Å². The Labute approximate surface area is 147 Å². The zero-order valence-corrected chi connectivity index (χ0v) is 18.4. The normalized spacial score (nSPS) is 15.4. The minimum atomic E-state index is -1.64. The maximum Gasteiger partial charge on any atom is 0.193 e. The summed E-state index contributed by atoms with van der Waals surface area (Å²) < 4.78 is 6.52. The summed E-state index contributed by atoms with van der Waals surface area (Å²) in [5.41, 5.74) is 0.315. The highest BCUT2D eigenvalue weighted by atomic mass is 28.4. The molecule has 140 valence electrons. The summed E-state index contributed by atoms with van der Waals surface area (Å²) in [5.74, 6) is 0. The Bertz CT molecular complexity index is 287. The van der Waals surface area contributed by atoms with Crippen LogP contribution >= 0.6 is 0 Å². The molecule has 0 aliphatic heterocycles. The van der Waals surface area contributed by atoms with Gasteiger partial charge in [-0.15, -0.1) is 0 Å². The third-order valence-corrected chi connectivity index (χ3v) is 9.68. The van der Waals surface area contributed by atoms with Crippen molar-refractivity contribution in [2.45, 2.75) is 71.5 Å². The van der Waals surface area contributed by atoms with E-state index in [2.05, 4.69) is 65.7 Å². The molecular formula is C19H44N2OSi. The lowest BCUT2D eigenvalue weighted by Gasteiger charge is -2.42. The van der Waals surface area contributed by atoms with Gasteiger partial charge in [-0.05, 0) is 58.7 Å². The molecule has 0 saturated carbocycles. The molecule has 0 bridgehead atoms. The first-order valence-electron chi connectivity index (χ1n) is 9.66. The fourth-order valence-electron chi connectivity index (χ4n) is 4.26. The highest BCUT2D eigenvalue weighted by Gasteiger charge is 2.41. The van der Waals surface area contributed by atoms with Crippen molar-refractivity contribution >= 4 is 8.32 Å². The van der Waals surface area contributed by atoms with Crippen molar-refractivity contribution in [3.63, 3.8) is 0 Å². The lowest BCUT2D eigenvalue weighted by molar-refractivity contribution is 0.170. The van der Waals surface area contributed by atoms with Crippen LogP contribution in [0.15, 0.2) is 0 Å². The second kappa shape index (κ2) is 11.6. The van der Waals surface area contributed by atoms with Gasteiger partial charge in [0.05, 0.1) is 0 Å². The summed E-state index contributed by atoms with van der Waals surface area (Å²) >= 11 is 0. The number of hydrogen-bond donors (Lipinski definition) is 0. The molecule has 0 amide bonds. The van der Waals surface area contributed by atoms with Crippen LogP contribution in [0.2, 0.25) is 18.1 Å². The first-order valence-corrected chi connectivity index (χ1v) is 12.2. The summed E-state index contributed by atoms with van der Waals surface area (Å²) in [6.45, 7) is 12.5. The monoisotopic (exact) mass is 344 g/mol. The Morgan fingerprint density at radius 1 is 0.870 bits per heavy atom. The van der Waals surface area contributed by atoms with Crippen molar-refractivity contribution in [3.05, 3.63) is 0 Å². The molecule has 1 unspecified atom stereocenters. The molecule has 4 heteroatoms. The average Bonchev–Trinajstić information content (AvgIpc) is 2.41. The molecule has 0 heterocycles. The first-order chi connectivity index (χ1) is 10.7. The number of nitrogens with zero attached hydrogens (tertiary/aromatic N) is 2. The lowest BCUT2D eigenvalue weighted by atomic mass is 9.92. The fraction of sp³-hybridized carbons (Fsp3) is 1.00. The highest BCUT2D eigenvalue weighted by molar-refractivity contribution is 6.73. The van der Waals surface area contributed by atoms with E-state index in [-0.39, 0.29) is 0 Å². The number of hydrogen-bond acceptors (Lipinski definition) is 3. The van der Waals surface area contributed by atoms with E-state index in [0.717, 1.165) is 19.7 Å². The van der Waals surface area contributed by atoms with E-state index >= 15 is 0 Å². The third-order valence-electron chi connectivity index (χ3n) is 4.73. The quantitative estimate of drug-likeness (QED) is 0.335. The lowest BCUT2D eigenvalue weighted by Crippen LogP contribution is -2.49. The van der Waals surface area contributed by atoms with E-state index < -0.39 is 8.32 Å². The van der Waals surface area contributed by atoms with Gasteiger partial charge in [0.25, 0.3) is 0 Å². The fourth-order valence-corrected chi connectivity index (χ4v) is 8.78. The molecule has 0 spiro atoms. The first kappa shape index (κ1) is 23.1. The van der Waals surface area contributed by atoms with Crippen LogP contribution in [0.5, 0.6) is 0 Å². The third kappa shape index (κ3) is 9.85. The molecule has 0 fully saturated rings. The molecule has 0 radical (unpaired) electrons. The van der Waals surface area contributed by atoms with E-state index in [4.69, 9.17) is 4.43 Å². The Morgan fingerprint density at radius 2 is 1.43 bits per heavy atom. The van der Waals surface area contributed by atoms with E-state index in [1.54, 1.807) is 0 Å². The zero-order chi connectivity index (χ0) is 17.9. The standard InChI is InChI=1S/C19H44N2OSi/c1-9-12-13-14-15-23(11-3,22-10-2)18-19(4,16-20(5)6)17-21(7)8/h9-18H2,1-8H3. The molecule has 3 nitrogen and oxygen atoms in total. The predicted octanol–water partition coefficient (Wildman–Crippen LogP) is 4.70. The molecule has 0 aliphatic rings. The summed E-state index contributed by atoms with van der Waals surface area (Å²) in [7, 11) is 7.16. The molecule has 0 rings (SSSR count). The highest BCUT2D eigenvalue weighted by Crippen LogP contribution is 2.36. The van der Waals surface area contributed by atoms with Gasteiger partial charge in [0, 0.05) is 19.7 Å². The van der Waals surface area contributed by atoms with E-state index in [1.165, 1.54) is 43.8 Å². The Hall–Kier alpha value is 0.0969. The number of unbranched alkanes of at least 4 members (excludes halogenated alkanes) is 3. The van der Waals surface area contributed by atoms with Crippen molar-refractivity contribution in [3.8, 4) is 0 Å². The van der Waals surface area contributed by atoms with Gasteiger partial charge in [0.15, 0.2) is 8.32 Å². The molecule has 1 atom stereocenters. The van der Waals surface area contributed by atoms with Gasteiger partial charge in [0.2, 0.25) is 0 Å². The van der Waals surface area contributed by atoms with Crippen molar-refractivity contribution < 1.29 is 4.43 Å². The van der Waals surface area contributed by atoms with Gasteiger partial charge < -0.3 is 14.2 Å². The summed E-state index contributed by atoms with van der Waals surface area (Å²) in [5, 5.41) is 0. The maximum atomic E-state index is 6.52. The second-order valence-corrected chi connectivity index (χ2v) is 12.5. The number of rotatable bonds is 14. The minimum absolute atomic E-state index is 0.315. The van der Waals surface area contributed by atoms with Gasteiger partial charge >= 0.3 is 0 Å². The average molecular weight is 345 g/mol. The van der Waals surface area contributed by atoms with E-state index in [9.17, 15) is 0 Å². The molecule has 23 heavy (non-hydrogen) atoms. The van der Waals surface area contributed by atoms with E-state index in [1.807, 2.05) is 0 Å². The van der Waals surface area contributed by atoms with Gasteiger partial charge in [-0.25, -0.2) is 0 Å². The second-order valence-electron chi connectivity index (χ2n) is 8.24. The molecule has 0 aromatic rings. The molecule has 0 aliphatic carbocycles. The summed E-state index contributed by atoms with van der Waals surface area (Å²) in [6, 6.07) is 3.88. The Balaban J connectivity index is 5.09. The summed E-state index contributed by atoms with van der Waals surface area (Å²) in [4.78, 5) is 4.70. The van der Waals surface area contributed by atoms with Crippen molar-refractivity contribution in [1.82, 2.24) is 9.80 Å². The SMILES string of the molecule is CCCCCC[Si](CC)(CC(C)(CN(C)C)CN(C)C)OCC. The molecule has 0 N–H and O–H groups in total. The molecule has 0 saturated heterocycles. The largest absolute Gasteiger partial charge is 0.417 e. The van der Waals surface area contributed by atoms with Gasteiger partial charge in [-0.3, -0.25) is 0 Å². The van der Waals surface area contributed by atoms with Crippen LogP contribution in [-0.4, -0.2) is 66.0 Å². The van der Waals surface area contributed by atoms with Crippen LogP contribution < -0.4 is 0 Å². The molecule has 0 aromatic carbocycles. The van der Waals surface area contributed by atoms with Crippen LogP contribution in [0.25, 0.3) is 0 Å². The van der Waals surface area contributed by atoms with Crippen LogP contribution in [0, 0.1) is 5.41 Å². The Kier molecular flexibility index (Phi) is 11.7. The van der Waals surface area contributed by atoms with Crippen molar-refractivity contribution in [2.75, 3.05) is 47.9 Å². The zero-order valence-electron chi connectivity index (χ0n) is 17.4. The van der Waals surface area contributed by atoms with Crippen LogP contribution in [0.1, 0.15) is 53.4 Å². The maximum absolute atomic E-state index is 6.52. The van der Waals surface area contributed by atoms with E-state index in [0.29, 0.717) is 5.41 Å². The van der Waals surface area contributed by atoms with Gasteiger partial charge in [-0.2, -0.15) is 0 Å². The summed E-state index contributed by atoms with van der Waals surface area (Å²) in [6.07, 6.45) is 5.41. The van der Waals surface area contributed by atoms with Crippen LogP contribution in [0.3, 0.4) is 0 Å². The van der Waals surface area contributed by atoms with Crippen molar-refractivity contribution in [1.29, 1.82) is 0 Å². The van der Waals surface area contributed by atoms with Crippen LogP contribution in [-0.2, 0) is 4.43 Å². The predicted molar refractivity (Wildman–Crippen MR) is 107 cm³/mol. The van der Waals surface area contributed by atoms with Crippen LogP contribution in [0.4, 0.5) is 0 Å².